The van der Waals surface area contributed by atoms with Gasteiger partial charge in [-0.05, 0) is 66.6 Å². The number of thioether (sulfide) groups is 1. The number of hydrogen-bond donors (Lipinski definition) is 1. The summed E-state index contributed by atoms with van der Waals surface area (Å²) in [5, 5.41) is 3.33. The molecular weight excluding hydrogens is 432 g/mol. The number of aryl methyl sites for hydroxylation is 1. The van der Waals surface area contributed by atoms with Gasteiger partial charge in [-0.15, -0.1) is 11.8 Å². The van der Waals surface area contributed by atoms with Crippen molar-refractivity contribution in [2.24, 2.45) is 0 Å². The molecule has 158 valence electrons. The van der Waals surface area contributed by atoms with Crippen LogP contribution in [0.5, 0.6) is 5.75 Å². The van der Waals surface area contributed by atoms with E-state index in [1.54, 1.807) is 28.8 Å². The number of hydrogen-bond acceptors (Lipinski definition) is 4. The molecule has 0 unspecified atom stereocenters. The molecule has 1 aliphatic heterocycles. The fourth-order valence-electron chi connectivity index (χ4n) is 3.35. The van der Waals surface area contributed by atoms with Crippen molar-refractivity contribution >= 4 is 46.6 Å². The second kappa shape index (κ2) is 9.45. The van der Waals surface area contributed by atoms with Crippen LogP contribution in [0.4, 0.5) is 11.4 Å². The van der Waals surface area contributed by atoms with Crippen LogP contribution in [0.25, 0.3) is 0 Å². The summed E-state index contributed by atoms with van der Waals surface area (Å²) in [6.07, 6.45) is 0. The summed E-state index contributed by atoms with van der Waals surface area (Å²) in [7, 11) is 0. The number of nitrogens with zero attached hydrogens (tertiary/aromatic N) is 1. The van der Waals surface area contributed by atoms with Gasteiger partial charge in [-0.1, -0.05) is 35.9 Å². The second-order valence-electron chi connectivity index (χ2n) is 7.18. The third kappa shape index (κ3) is 5.21. The molecule has 0 spiro atoms. The van der Waals surface area contributed by atoms with E-state index in [1.807, 2.05) is 67.6 Å². The molecule has 1 atom stereocenters. The van der Waals surface area contributed by atoms with Crippen molar-refractivity contribution in [3.05, 3.63) is 88.9 Å². The lowest BCUT2D eigenvalue weighted by Crippen LogP contribution is -2.27. The highest BCUT2D eigenvalue weighted by atomic mass is 35.5. The van der Waals surface area contributed by atoms with Crippen molar-refractivity contribution in [3.8, 4) is 5.75 Å². The Morgan fingerprint density at radius 2 is 1.87 bits per heavy atom. The summed E-state index contributed by atoms with van der Waals surface area (Å²) in [6.45, 7) is 1.89. The maximum Gasteiger partial charge on any atom is 0.262 e. The Morgan fingerprint density at radius 3 is 2.58 bits per heavy atom. The summed E-state index contributed by atoms with van der Waals surface area (Å²) in [5.74, 6) is 0.853. The summed E-state index contributed by atoms with van der Waals surface area (Å²) in [5.41, 5.74) is 3.62. The zero-order valence-corrected chi connectivity index (χ0v) is 18.5. The largest absolute Gasteiger partial charge is 0.484 e. The van der Waals surface area contributed by atoms with Crippen LogP contribution in [0.3, 0.4) is 0 Å². The van der Waals surface area contributed by atoms with E-state index >= 15 is 0 Å². The van der Waals surface area contributed by atoms with Crippen molar-refractivity contribution in [2.45, 2.75) is 12.3 Å². The molecule has 5 nitrogen and oxygen atoms in total. The van der Waals surface area contributed by atoms with E-state index in [4.69, 9.17) is 16.3 Å². The van der Waals surface area contributed by atoms with E-state index in [2.05, 4.69) is 5.32 Å². The number of rotatable bonds is 6. The third-order valence-corrected chi connectivity index (χ3v) is 6.27. The number of amides is 2. The molecule has 7 heteroatoms. The van der Waals surface area contributed by atoms with E-state index in [0.717, 1.165) is 22.5 Å². The van der Waals surface area contributed by atoms with Gasteiger partial charge in [-0.2, -0.15) is 0 Å². The maximum atomic E-state index is 12.5. The Labute approximate surface area is 190 Å². The predicted molar refractivity (Wildman–Crippen MR) is 126 cm³/mol. The van der Waals surface area contributed by atoms with Gasteiger partial charge < -0.3 is 10.1 Å². The minimum atomic E-state index is -0.222. The molecule has 0 radical (unpaired) electrons. The van der Waals surface area contributed by atoms with E-state index in [1.165, 1.54) is 0 Å². The number of anilines is 2. The molecule has 4 rings (SSSR count). The maximum absolute atomic E-state index is 12.5. The van der Waals surface area contributed by atoms with Crippen molar-refractivity contribution in [2.75, 3.05) is 22.6 Å². The first-order valence-corrected chi connectivity index (χ1v) is 11.2. The number of benzene rings is 3. The van der Waals surface area contributed by atoms with Crippen LogP contribution in [-0.4, -0.2) is 24.2 Å². The first-order chi connectivity index (χ1) is 15.0. The topological polar surface area (TPSA) is 58.6 Å². The summed E-state index contributed by atoms with van der Waals surface area (Å²) in [6, 6.07) is 22.4. The Balaban J connectivity index is 1.39. The average molecular weight is 453 g/mol. The van der Waals surface area contributed by atoms with Gasteiger partial charge in [0, 0.05) is 16.4 Å². The van der Waals surface area contributed by atoms with Crippen LogP contribution in [0.2, 0.25) is 5.02 Å². The molecule has 0 saturated carbocycles. The highest BCUT2D eigenvalue weighted by Crippen LogP contribution is 2.42. The van der Waals surface area contributed by atoms with Crippen LogP contribution in [0.15, 0.2) is 72.8 Å². The summed E-state index contributed by atoms with van der Waals surface area (Å²) >= 11 is 7.55. The molecular formula is C24H21ClN2O3S. The number of carbonyl (C=O) groups excluding carboxylic acids is 2. The lowest BCUT2D eigenvalue weighted by molar-refractivity contribution is -0.118. The van der Waals surface area contributed by atoms with Gasteiger partial charge in [-0.3, -0.25) is 14.5 Å². The van der Waals surface area contributed by atoms with Gasteiger partial charge in [0.2, 0.25) is 5.91 Å². The molecule has 3 aromatic rings. The van der Waals surface area contributed by atoms with Crippen molar-refractivity contribution in [1.29, 1.82) is 0 Å². The third-order valence-electron chi connectivity index (χ3n) is 4.81. The number of carbonyl (C=O) groups is 2. The Kier molecular flexibility index (Phi) is 6.49. The zero-order chi connectivity index (χ0) is 21.8. The Hall–Kier alpha value is -2.96. The molecule has 0 aromatic heterocycles. The standard InChI is InChI=1S/C24H21ClN2O3S/c1-16-3-2-4-19(13-16)26-22(28)14-30-21-11-5-17(6-12-21)24-27(23(29)15-31-24)20-9-7-18(25)8-10-20/h2-13,24H,14-15H2,1H3,(H,26,28)/t24-/m1/s1. The van der Waals surface area contributed by atoms with E-state index in [9.17, 15) is 9.59 Å². The van der Waals surface area contributed by atoms with Gasteiger partial charge in [0.1, 0.15) is 11.1 Å². The molecule has 1 aliphatic rings. The first-order valence-electron chi connectivity index (χ1n) is 9.78. The first kappa shape index (κ1) is 21.3. The van der Waals surface area contributed by atoms with Gasteiger partial charge >= 0.3 is 0 Å². The number of ether oxygens (including phenoxy) is 1. The molecule has 3 aromatic carbocycles. The van der Waals surface area contributed by atoms with E-state index in [0.29, 0.717) is 16.5 Å². The van der Waals surface area contributed by atoms with Gasteiger partial charge in [0.15, 0.2) is 6.61 Å². The van der Waals surface area contributed by atoms with Crippen LogP contribution in [-0.2, 0) is 9.59 Å². The molecule has 1 saturated heterocycles. The molecule has 2 amide bonds. The number of halogens is 1. The predicted octanol–water partition coefficient (Wildman–Crippen LogP) is 5.44. The van der Waals surface area contributed by atoms with E-state index < -0.39 is 0 Å². The minimum Gasteiger partial charge on any atom is -0.484 e. The Morgan fingerprint density at radius 1 is 1.13 bits per heavy atom. The van der Waals surface area contributed by atoms with Crippen molar-refractivity contribution in [3.63, 3.8) is 0 Å². The molecule has 1 fully saturated rings. The lowest BCUT2D eigenvalue weighted by atomic mass is 10.2. The van der Waals surface area contributed by atoms with Crippen LogP contribution >= 0.6 is 23.4 Å². The van der Waals surface area contributed by atoms with Gasteiger partial charge in [0.25, 0.3) is 5.91 Å². The second-order valence-corrected chi connectivity index (χ2v) is 8.68. The van der Waals surface area contributed by atoms with Crippen molar-refractivity contribution in [1.82, 2.24) is 0 Å². The summed E-state index contributed by atoms with van der Waals surface area (Å²) in [4.78, 5) is 26.4. The highest BCUT2D eigenvalue weighted by molar-refractivity contribution is 8.00. The quantitative estimate of drug-likeness (QED) is 0.540. The minimum absolute atomic E-state index is 0.0606. The highest BCUT2D eigenvalue weighted by Gasteiger charge is 2.33. The normalized spacial score (nSPS) is 15.7. The lowest BCUT2D eigenvalue weighted by Gasteiger charge is -2.24. The fraction of sp³-hybridized carbons (Fsp3) is 0.167. The zero-order valence-electron chi connectivity index (χ0n) is 16.9. The molecule has 0 bridgehead atoms. The van der Waals surface area contributed by atoms with Crippen molar-refractivity contribution < 1.29 is 14.3 Å². The molecule has 1 N–H and O–H groups in total. The van der Waals surface area contributed by atoms with Crippen LogP contribution < -0.4 is 15.0 Å². The average Bonchev–Trinajstić information content (AvgIpc) is 3.15. The molecule has 31 heavy (non-hydrogen) atoms. The molecule has 0 aliphatic carbocycles. The van der Waals surface area contributed by atoms with Gasteiger partial charge in [-0.25, -0.2) is 0 Å². The Bertz CT molecular complexity index is 1090. The van der Waals surface area contributed by atoms with Crippen LogP contribution in [0, 0.1) is 6.92 Å². The smallest absolute Gasteiger partial charge is 0.262 e. The monoisotopic (exact) mass is 452 g/mol. The van der Waals surface area contributed by atoms with Crippen LogP contribution in [0.1, 0.15) is 16.5 Å². The van der Waals surface area contributed by atoms with Gasteiger partial charge in [0.05, 0.1) is 5.75 Å². The number of nitrogens with one attached hydrogen (secondary N) is 1. The summed E-state index contributed by atoms with van der Waals surface area (Å²) < 4.78 is 5.62. The SMILES string of the molecule is Cc1cccc(NC(=O)COc2ccc([C@H]3SCC(=O)N3c3ccc(Cl)cc3)cc2)c1. The van der Waals surface area contributed by atoms with E-state index in [-0.39, 0.29) is 23.8 Å². The molecule has 1 heterocycles. The fourth-order valence-corrected chi connectivity index (χ4v) is 4.65.